The summed E-state index contributed by atoms with van der Waals surface area (Å²) in [5.74, 6) is -0.187. The summed E-state index contributed by atoms with van der Waals surface area (Å²) < 4.78 is 1.81. The Bertz CT molecular complexity index is 637. The van der Waals surface area contributed by atoms with Crippen molar-refractivity contribution < 1.29 is 9.90 Å². The van der Waals surface area contributed by atoms with Crippen LogP contribution >= 0.6 is 0 Å². The Morgan fingerprint density at radius 3 is 2.95 bits per heavy atom. The predicted molar refractivity (Wildman–Crippen MR) is 85.8 cm³/mol. The van der Waals surface area contributed by atoms with Gasteiger partial charge in [-0.15, -0.1) is 0 Å². The van der Waals surface area contributed by atoms with Crippen molar-refractivity contribution in [1.82, 2.24) is 15.1 Å². The largest absolute Gasteiger partial charge is 0.395 e. The molecule has 6 nitrogen and oxygen atoms in total. The smallest absolute Gasteiger partial charge is 0.251 e. The van der Waals surface area contributed by atoms with E-state index in [1.54, 1.807) is 12.1 Å². The summed E-state index contributed by atoms with van der Waals surface area (Å²) in [6.45, 7) is 2.94. The first-order chi connectivity index (χ1) is 10.6. The average Bonchev–Trinajstić information content (AvgIpc) is 2.91. The van der Waals surface area contributed by atoms with Gasteiger partial charge in [0.2, 0.25) is 0 Å². The van der Waals surface area contributed by atoms with Gasteiger partial charge in [-0.3, -0.25) is 9.48 Å². The number of nitrogens with zero attached hydrogens (tertiary/aromatic N) is 2. The first kappa shape index (κ1) is 16.0. The minimum Gasteiger partial charge on any atom is -0.395 e. The molecule has 0 radical (unpaired) electrons. The molecule has 6 heteroatoms. The Morgan fingerprint density at radius 2 is 2.23 bits per heavy atom. The molecule has 0 spiro atoms. The van der Waals surface area contributed by atoms with Crippen LogP contribution in [-0.2, 0) is 20.0 Å². The van der Waals surface area contributed by atoms with E-state index < -0.39 is 0 Å². The van der Waals surface area contributed by atoms with Gasteiger partial charge in [0.05, 0.1) is 12.3 Å². The van der Waals surface area contributed by atoms with Crippen LogP contribution in [0.25, 0.3) is 0 Å². The van der Waals surface area contributed by atoms with E-state index in [1.807, 2.05) is 30.1 Å². The molecule has 0 saturated carbocycles. The normalized spacial score (nSPS) is 10.5. The van der Waals surface area contributed by atoms with Gasteiger partial charge in [0.1, 0.15) is 0 Å². The van der Waals surface area contributed by atoms with Gasteiger partial charge in [-0.25, -0.2) is 0 Å². The second-order valence-electron chi connectivity index (χ2n) is 5.04. The Hall–Kier alpha value is -2.34. The molecule has 2 aromatic rings. The zero-order valence-corrected chi connectivity index (χ0v) is 13.0. The number of amides is 1. The number of rotatable bonds is 7. The number of aromatic nitrogens is 2. The third-order valence-corrected chi connectivity index (χ3v) is 3.33. The molecule has 118 valence electrons. The second kappa shape index (κ2) is 7.61. The number of aryl methyl sites for hydroxylation is 2. The molecule has 0 atom stereocenters. The van der Waals surface area contributed by atoms with E-state index in [0.29, 0.717) is 12.1 Å². The van der Waals surface area contributed by atoms with Crippen molar-refractivity contribution in [3.8, 4) is 0 Å². The fourth-order valence-corrected chi connectivity index (χ4v) is 2.27. The molecule has 0 unspecified atom stereocenters. The molecule has 2 rings (SSSR count). The van der Waals surface area contributed by atoms with Gasteiger partial charge in [0, 0.05) is 43.1 Å². The third-order valence-electron chi connectivity index (χ3n) is 3.33. The van der Waals surface area contributed by atoms with Crippen molar-refractivity contribution in [1.29, 1.82) is 0 Å². The number of hydrogen-bond acceptors (Lipinski definition) is 4. The monoisotopic (exact) mass is 302 g/mol. The number of hydrogen-bond donors (Lipinski definition) is 3. The summed E-state index contributed by atoms with van der Waals surface area (Å²) in [5.41, 5.74) is 3.68. The highest BCUT2D eigenvalue weighted by Crippen LogP contribution is 2.14. The number of carbonyl (C=O) groups excluding carboxylic acids is 1. The van der Waals surface area contributed by atoms with Crippen molar-refractivity contribution in [3.05, 3.63) is 47.3 Å². The molecular weight excluding hydrogens is 280 g/mol. The number of aliphatic hydroxyl groups excluding tert-OH is 1. The zero-order valence-electron chi connectivity index (χ0n) is 13.0. The molecule has 0 bridgehead atoms. The first-order valence-corrected chi connectivity index (χ1v) is 7.38. The lowest BCUT2D eigenvalue weighted by molar-refractivity contribution is 0.0945. The lowest BCUT2D eigenvalue weighted by Crippen LogP contribution is -2.26. The number of aliphatic hydroxyl groups is 1. The average molecular weight is 302 g/mol. The second-order valence-corrected chi connectivity index (χ2v) is 5.04. The Balaban J connectivity index is 2.02. The summed E-state index contributed by atoms with van der Waals surface area (Å²) in [4.78, 5) is 11.9. The molecule has 22 heavy (non-hydrogen) atoms. The lowest BCUT2D eigenvalue weighted by Gasteiger charge is -2.08. The highest BCUT2D eigenvalue weighted by molar-refractivity contribution is 5.95. The lowest BCUT2D eigenvalue weighted by atomic mass is 10.1. The van der Waals surface area contributed by atoms with E-state index in [4.69, 9.17) is 5.11 Å². The molecule has 0 aliphatic carbocycles. The highest BCUT2D eigenvalue weighted by atomic mass is 16.3. The minimum absolute atomic E-state index is 0.0650. The van der Waals surface area contributed by atoms with Gasteiger partial charge in [-0.1, -0.05) is 13.0 Å². The molecule has 0 aliphatic heterocycles. The zero-order chi connectivity index (χ0) is 15.9. The maximum atomic E-state index is 11.9. The van der Waals surface area contributed by atoms with Crippen molar-refractivity contribution in [3.63, 3.8) is 0 Å². The number of benzene rings is 1. The third kappa shape index (κ3) is 4.08. The van der Waals surface area contributed by atoms with Crippen LogP contribution in [0.2, 0.25) is 0 Å². The summed E-state index contributed by atoms with van der Waals surface area (Å²) in [7, 11) is 1.91. The van der Waals surface area contributed by atoms with Crippen molar-refractivity contribution in [2.75, 3.05) is 18.5 Å². The standard InChI is InChI=1S/C16H22N4O2/c1-3-15-13(11-20(2)19-15)10-18-14-6-4-5-12(9-14)16(22)17-7-8-21/h4-6,9,11,18,21H,3,7-8,10H2,1-2H3,(H,17,22). The van der Waals surface area contributed by atoms with Crippen molar-refractivity contribution in [2.24, 2.45) is 7.05 Å². The minimum atomic E-state index is -0.187. The van der Waals surface area contributed by atoms with Crippen LogP contribution in [0.1, 0.15) is 28.5 Å². The Labute approximate surface area is 130 Å². The number of anilines is 1. The van der Waals surface area contributed by atoms with Crippen molar-refractivity contribution in [2.45, 2.75) is 19.9 Å². The predicted octanol–water partition coefficient (Wildman–Crippen LogP) is 1.32. The van der Waals surface area contributed by atoms with Crippen LogP contribution < -0.4 is 10.6 Å². The van der Waals surface area contributed by atoms with E-state index in [-0.39, 0.29) is 19.1 Å². The van der Waals surface area contributed by atoms with Crippen LogP contribution in [0.5, 0.6) is 0 Å². The Kier molecular flexibility index (Phi) is 5.55. The molecule has 1 heterocycles. The van der Waals surface area contributed by atoms with Gasteiger partial charge in [-0.2, -0.15) is 5.10 Å². The summed E-state index contributed by atoms with van der Waals surface area (Å²) in [5, 5.41) is 19.1. The highest BCUT2D eigenvalue weighted by Gasteiger charge is 2.07. The molecule has 1 aromatic carbocycles. The van der Waals surface area contributed by atoms with Crippen LogP contribution in [0, 0.1) is 0 Å². The van der Waals surface area contributed by atoms with Crippen LogP contribution in [0.3, 0.4) is 0 Å². The SMILES string of the molecule is CCc1nn(C)cc1CNc1cccc(C(=O)NCCO)c1. The molecule has 1 aromatic heterocycles. The fourth-order valence-electron chi connectivity index (χ4n) is 2.27. The van der Waals surface area contributed by atoms with Gasteiger partial charge in [0.15, 0.2) is 0 Å². The van der Waals surface area contributed by atoms with Crippen molar-refractivity contribution >= 4 is 11.6 Å². The van der Waals surface area contributed by atoms with E-state index in [2.05, 4.69) is 22.7 Å². The van der Waals surface area contributed by atoms with Crippen LogP contribution in [0.4, 0.5) is 5.69 Å². The van der Waals surface area contributed by atoms with Gasteiger partial charge in [0.25, 0.3) is 5.91 Å². The molecule has 0 fully saturated rings. The van der Waals surface area contributed by atoms with E-state index in [1.165, 1.54) is 0 Å². The van der Waals surface area contributed by atoms with E-state index >= 15 is 0 Å². The number of nitrogens with one attached hydrogen (secondary N) is 2. The molecule has 3 N–H and O–H groups in total. The molecule has 1 amide bonds. The molecule has 0 aliphatic rings. The maximum absolute atomic E-state index is 11.9. The van der Waals surface area contributed by atoms with Gasteiger partial charge >= 0.3 is 0 Å². The van der Waals surface area contributed by atoms with Crippen LogP contribution in [-0.4, -0.2) is 33.9 Å². The maximum Gasteiger partial charge on any atom is 0.251 e. The molecular formula is C16H22N4O2. The first-order valence-electron chi connectivity index (χ1n) is 7.38. The van der Waals surface area contributed by atoms with Crippen LogP contribution in [0.15, 0.2) is 30.5 Å². The summed E-state index contributed by atoms with van der Waals surface area (Å²) in [6.07, 6.45) is 2.89. The van der Waals surface area contributed by atoms with Gasteiger partial charge < -0.3 is 15.7 Å². The summed E-state index contributed by atoms with van der Waals surface area (Å²) in [6, 6.07) is 7.30. The van der Waals surface area contributed by atoms with E-state index in [9.17, 15) is 4.79 Å². The fraction of sp³-hybridized carbons (Fsp3) is 0.375. The van der Waals surface area contributed by atoms with Gasteiger partial charge in [-0.05, 0) is 24.6 Å². The number of carbonyl (C=O) groups is 1. The quantitative estimate of drug-likeness (QED) is 0.720. The molecule has 0 saturated heterocycles. The Morgan fingerprint density at radius 1 is 1.41 bits per heavy atom. The summed E-state index contributed by atoms with van der Waals surface area (Å²) >= 11 is 0. The van der Waals surface area contributed by atoms with E-state index in [0.717, 1.165) is 23.4 Å². The topological polar surface area (TPSA) is 79.2 Å².